The first-order valence-electron chi connectivity index (χ1n) is 10.3. The minimum Gasteiger partial charge on any atom is -0.497 e. The fraction of sp³-hybridized carbons (Fsp3) is 0.435. The Labute approximate surface area is 173 Å². The van der Waals surface area contributed by atoms with Gasteiger partial charge in [-0.1, -0.05) is 6.07 Å². The maximum atomic E-state index is 12.1. The van der Waals surface area contributed by atoms with Gasteiger partial charge in [-0.15, -0.1) is 0 Å². The predicted octanol–water partition coefficient (Wildman–Crippen LogP) is 3.65. The molecule has 6 heteroatoms. The Morgan fingerprint density at radius 2 is 1.72 bits per heavy atom. The number of hydrogen-bond acceptors (Lipinski definition) is 4. The van der Waals surface area contributed by atoms with Crippen LogP contribution in [0.2, 0.25) is 0 Å². The molecule has 0 saturated carbocycles. The summed E-state index contributed by atoms with van der Waals surface area (Å²) in [6, 6.07) is 14.1. The molecule has 0 unspecified atom stereocenters. The number of hydrogen-bond donors (Lipinski definition) is 2. The number of aryl methyl sites for hydroxylation is 2. The quantitative estimate of drug-likeness (QED) is 0.702. The molecule has 1 aliphatic heterocycles. The van der Waals surface area contributed by atoms with E-state index in [4.69, 9.17) is 4.74 Å². The number of carbonyl (C=O) groups excluding carboxylic acids is 1. The van der Waals surface area contributed by atoms with Gasteiger partial charge >= 0.3 is 6.03 Å². The Balaban J connectivity index is 1.32. The second-order valence-corrected chi connectivity index (χ2v) is 7.56. The van der Waals surface area contributed by atoms with E-state index in [-0.39, 0.29) is 6.03 Å². The number of carbonyl (C=O) groups is 1. The molecule has 0 atom stereocenters. The Morgan fingerprint density at radius 3 is 2.38 bits per heavy atom. The number of nitrogens with zero attached hydrogens (tertiary/aromatic N) is 2. The highest BCUT2D eigenvalue weighted by molar-refractivity contribution is 5.89. The fourth-order valence-electron chi connectivity index (χ4n) is 3.52. The van der Waals surface area contributed by atoms with Crippen LogP contribution in [0, 0.1) is 13.8 Å². The molecule has 1 fully saturated rings. The third kappa shape index (κ3) is 6.12. The van der Waals surface area contributed by atoms with E-state index in [9.17, 15) is 4.79 Å². The highest BCUT2D eigenvalue weighted by Crippen LogP contribution is 2.20. The molecule has 2 aromatic carbocycles. The molecule has 1 heterocycles. The molecule has 0 spiro atoms. The fourth-order valence-corrected chi connectivity index (χ4v) is 3.52. The van der Waals surface area contributed by atoms with Crippen molar-refractivity contribution in [2.45, 2.75) is 20.3 Å². The lowest BCUT2D eigenvalue weighted by atomic mass is 10.1. The van der Waals surface area contributed by atoms with Gasteiger partial charge in [-0.05, 0) is 74.3 Å². The Bertz CT molecular complexity index is 799. The van der Waals surface area contributed by atoms with E-state index in [0.717, 1.165) is 50.6 Å². The molecule has 29 heavy (non-hydrogen) atoms. The van der Waals surface area contributed by atoms with Crippen molar-refractivity contribution in [3.8, 4) is 5.75 Å². The maximum absolute atomic E-state index is 12.1. The van der Waals surface area contributed by atoms with Gasteiger partial charge in [0.1, 0.15) is 5.75 Å². The van der Waals surface area contributed by atoms with Crippen LogP contribution < -0.4 is 20.3 Å². The lowest BCUT2D eigenvalue weighted by molar-refractivity contribution is 0.244. The van der Waals surface area contributed by atoms with Gasteiger partial charge in [-0.3, -0.25) is 4.90 Å². The Morgan fingerprint density at radius 1 is 1.00 bits per heavy atom. The minimum atomic E-state index is -0.141. The zero-order valence-corrected chi connectivity index (χ0v) is 17.7. The average molecular weight is 397 g/mol. The molecule has 2 N–H and O–H groups in total. The second-order valence-electron chi connectivity index (χ2n) is 7.56. The molecule has 6 nitrogen and oxygen atoms in total. The number of piperazine rings is 1. The number of amides is 2. The van der Waals surface area contributed by atoms with Gasteiger partial charge in [-0.25, -0.2) is 4.79 Å². The molecule has 156 valence electrons. The van der Waals surface area contributed by atoms with E-state index >= 15 is 0 Å². The summed E-state index contributed by atoms with van der Waals surface area (Å²) in [4.78, 5) is 16.9. The predicted molar refractivity (Wildman–Crippen MR) is 119 cm³/mol. The van der Waals surface area contributed by atoms with Crippen LogP contribution in [0.5, 0.6) is 5.75 Å². The van der Waals surface area contributed by atoms with E-state index in [1.54, 1.807) is 7.11 Å². The van der Waals surface area contributed by atoms with Gasteiger partial charge in [0, 0.05) is 44.1 Å². The minimum absolute atomic E-state index is 0.141. The van der Waals surface area contributed by atoms with Crippen LogP contribution in [0.1, 0.15) is 17.5 Å². The summed E-state index contributed by atoms with van der Waals surface area (Å²) in [5.74, 6) is 0.890. The van der Waals surface area contributed by atoms with Crippen molar-refractivity contribution in [3.63, 3.8) is 0 Å². The number of benzene rings is 2. The lowest BCUT2D eigenvalue weighted by Gasteiger charge is -2.36. The Kier molecular flexibility index (Phi) is 7.36. The summed E-state index contributed by atoms with van der Waals surface area (Å²) >= 11 is 0. The second kappa shape index (κ2) is 10.2. The topological polar surface area (TPSA) is 56.8 Å². The molecule has 0 aromatic heterocycles. The van der Waals surface area contributed by atoms with Crippen molar-refractivity contribution in [2.75, 3.05) is 56.6 Å². The van der Waals surface area contributed by atoms with Crippen LogP contribution in [0.25, 0.3) is 0 Å². The summed E-state index contributed by atoms with van der Waals surface area (Å²) < 4.78 is 5.23. The molecule has 0 bridgehead atoms. The smallest absolute Gasteiger partial charge is 0.319 e. The monoisotopic (exact) mass is 396 g/mol. The van der Waals surface area contributed by atoms with Gasteiger partial charge in [0.05, 0.1) is 7.11 Å². The van der Waals surface area contributed by atoms with Gasteiger partial charge < -0.3 is 20.3 Å². The van der Waals surface area contributed by atoms with Crippen LogP contribution in [-0.4, -0.2) is 57.3 Å². The molecule has 0 aliphatic carbocycles. The normalized spacial score (nSPS) is 14.5. The van der Waals surface area contributed by atoms with Crippen LogP contribution >= 0.6 is 0 Å². The van der Waals surface area contributed by atoms with E-state index in [2.05, 4.69) is 39.5 Å². The lowest BCUT2D eigenvalue weighted by Crippen LogP contribution is -2.47. The number of urea groups is 1. The first kappa shape index (κ1) is 21.0. The highest BCUT2D eigenvalue weighted by Gasteiger charge is 2.16. The van der Waals surface area contributed by atoms with Gasteiger partial charge in [0.2, 0.25) is 0 Å². The van der Waals surface area contributed by atoms with Gasteiger partial charge in [0.15, 0.2) is 0 Å². The molecular formula is C23H32N4O2. The van der Waals surface area contributed by atoms with Crippen molar-refractivity contribution in [1.29, 1.82) is 0 Å². The zero-order chi connectivity index (χ0) is 20.6. The third-order valence-corrected chi connectivity index (χ3v) is 5.51. The van der Waals surface area contributed by atoms with Gasteiger partial charge in [-0.2, -0.15) is 0 Å². The van der Waals surface area contributed by atoms with E-state index in [0.29, 0.717) is 6.54 Å². The summed E-state index contributed by atoms with van der Waals surface area (Å²) in [6.45, 7) is 9.92. The SMILES string of the molecule is COc1ccc(N2CCN(CCCNC(=O)Nc3ccc(C)c(C)c3)CC2)cc1. The highest BCUT2D eigenvalue weighted by atomic mass is 16.5. The summed E-state index contributed by atoms with van der Waals surface area (Å²) in [5, 5.41) is 5.85. The van der Waals surface area contributed by atoms with Crippen molar-refractivity contribution < 1.29 is 9.53 Å². The molecular weight excluding hydrogens is 364 g/mol. The summed E-state index contributed by atoms with van der Waals surface area (Å²) in [6.07, 6.45) is 0.947. The average Bonchev–Trinajstić information content (AvgIpc) is 2.74. The number of rotatable bonds is 7. The van der Waals surface area contributed by atoms with Crippen LogP contribution in [0.4, 0.5) is 16.2 Å². The summed E-state index contributed by atoms with van der Waals surface area (Å²) in [5.41, 5.74) is 4.48. The van der Waals surface area contributed by atoms with Crippen molar-refractivity contribution >= 4 is 17.4 Å². The van der Waals surface area contributed by atoms with Crippen molar-refractivity contribution in [3.05, 3.63) is 53.6 Å². The first-order valence-corrected chi connectivity index (χ1v) is 10.3. The third-order valence-electron chi connectivity index (χ3n) is 5.51. The van der Waals surface area contributed by atoms with Crippen LogP contribution in [0.15, 0.2) is 42.5 Å². The summed E-state index contributed by atoms with van der Waals surface area (Å²) in [7, 11) is 1.69. The largest absolute Gasteiger partial charge is 0.497 e. The molecule has 3 rings (SSSR count). The van der Waals surface area contributed by atoms with Crippen LogP contribution in [0.3, 0.4) is 0 Å². The maximum Gasteiger partial charge on any atom is 0.319 e. The number of methoxy groups -OCH3 is 1. The first-order chi connectivity index (χ1) is 14.0. The molecule has 1 saturated heterocycles. The molecule has 0 radical (unpaired) electrons. The Hall–Kier alpha value is -2.73. The van der Waals surface area contributed by atoms with Crippen molar-refractivity contribution in [1.82, 2.24) is 10.2 Å². The van der Waals surface area contributed by atoms with E-state index in [1.807, 2.05) is 37.3 Å². The van der Waals surface area contributed by atoms with Crippen molar-refractivity contribution in [2.24, 2.45) is 0 Å². The standard InChI is InChI=1S/C23H32N4O2/c1-18-5-6-20(17-19(18)2)25-23(28)24-11-4-12-26-13-15-27(16-14-26)21-7-9-22(29-3)10-8-21/h5-10,17H,4,11-16H2,1-3H3,(H2,24,25,28). The molecule has 1 aliphatic rings. The number of nitrogens with one attached hydrogen (secondary N) is 2. The zero-order valence-electron chi connectivity index (χ0n) is 17.7. The molecule has 2 amide bonds. The van der Waals surface area contributed by atoms with Gasteiger partial charge in [0.25, 0.3) is 0 Å². The van der Waals surface area contributed by atoms with E-state index < -0.39 is 0 Å². The number of anilines is 2. The number of ether oxygens (including phenoxy) is 1. The van der Waals surface area contributed by atoms with E-state index in [1.165, 1.54) is 16.8 Å². The van der Waals surface area contributed by atoms with Crippen LogP contribution in [-0.2, 0) is 0 Å². The molecule has 2 aromatic rings.